The highest BCUT2D eigenvalue weighted by Crippen LogP contribution is 2.30. The highest BCUT2D eigenvalue weighted by molar-refractivity contribution is 7.86. The van der Waals surface area contributed by atoms with E-state index in [1.807, 2.05) is 0 Å². The fourth-order valence-electron chi connectivity index (χ4n) is 1.53. The molecular weight excluding hydrogens is 260 g/mol. The molecule has 1 aromatic carbocycles. The maximum absolute atomic E-state index is 11.2. The molecule has 0 saturated carbocycles. The Balaban J connectivity index is 0.00000162. The van der Waals surface area contributed by atoms with Crippen LogP contribution in [-0.4, -0.2) is 31.0 Å². The molecule has 0 aliphatic heterocycles. The SMILES string of the molecule is CS(=O)(=O)Oc1c(C(N)=O)[nH]c2ccccc12.O. The van der Waals surface area contributed by atoms with Gasteiger partial charge >= 0.3 is 10.1 Å². The number of carbonyl (C=O) groups is 1. The van der Waals surface area contributed by atoms with E-state index < -0.39 is 16.0 Å². The Morgan fingerprint density at radius 3 is 2.50 bits per heavy atom. The number of aromatic nitrogens is 1. The van der Waals surface area contributed by atoms with Crippen LogP contribution in [0, 0.1) is 0 Å². The minimum atomic E-state index is -3.72. The van der Waals surface area contributed by atoms with Crippen LogP contribution in [0.2, 0.25) is 0 Å². The first-order chi connectivity index (χ1) is 7.88. The summed E-state index contributed by atoms with van der Waals surface area (Å²) in [4.78, 5) is 13.9. The largest absolute Gasteiger partial charge is 0.412 e. The smallest absolute Gasteiger partial charge is 0.306 e. The van der Waals surface area contributed by atoms with E-state index in [9.17, 15) is 13.2 Å². The summed E-state index contributed by atoms with van der Waals surface area (Å²) in [5.41, 5.74) is 5.68. The molecule has 2 rings (SSSR count). The molecule has 0 bridgehead atoms. The van der Waals surface area contributed by atoms with E-state index in [0.29, 0.717) is 10.9 Å². The zero-order chi connectivity index (χ0) is 12.6. The molecule has 2 aromatic rings. The van der Waals surface area contributed by atoms with Gasteiger partial charge < -0.3 is 20.4 Å². The number of nitrogens with one attached hydrogen (secondary N) is 1. The maximum atomic E-state index is 11.2. The second-order valence-corrected chi connectivity index (χ2v) is 5.10. The second kappa shape index (κ2) is 4.67. The lowest BCUT2D eigenvalue weighted by Crippen LogP contribution is -2.15. The maximum Gasteiger partial charge on any atom is 0.306 e. The molecule has 0 atom stereocenters. The minimum absolute atomic E-state index is 0. The molecule has 0 spiro atoms. The van der Waals surface area contributed by atoms with Gasteiger partial charge in [0.05, 0.1) is 6.26 Å². The van der Waals surface area contributed by atoms with Crippen LogP contribution in [-0.2, 0) is 10.1 Å². The van der Waals surface area contributed by atoms with Crippen LogP contribution in [0.1, 0.15) is 10.5 Å². The molecule has 0 aliphatic rings. The number of benzene rings is 1. The summed E-state index contributed by atoms with van der Waals surface area (Å²) in [6, 6.07) is 6.78. The third-order valence-corrected chi connectivity index (χ3v) is 2.61. The summed E-state index contributed by atoms with van der Waals surface area (Å²) < 4.78 is 27.0. The van der Waals surface area contributed by atoms with E-state index in [2.05, 4.69) is 4.98 Å². The number of hydrogen-bond donors (Lipinski definition) is 2. The summed E-state index contributed by atoms with van der Waals surface area (Å²) in [6.07, 6.45) is 0.902. The van der Waals surface area contributed by atoms with Gasteiger partial charge in [0.2, 0.25) is 0 Å². The number of aromatic amines is 1. The number of amides is 1. The number of carbonyl (C=O) groups excluding carboxylic acids is 1. The van der Waals surface area contributed by atoms with Gasteiger partial charge in [-0.25, -0.2) is 0 Å². The fraction of sp³-hybridized carbons (Fsp3) is 0.100. The van der Waals surface area contributed by atoms with Gasteiger partial charge in [-0.05, 0) is 12.1 Å². The Bertz CT molecular complexity index is 689. The van der Waals surface area contributed by atoms with Crippen LogP contribution in [0.4, 0.5) is 0 Å². The second-order valence-electron chi connectivity index (χ2n) is 3.53. The molecule has 1 aromatic heterocycles. The van der Waals surface area contributed by atoms with Gasteiger partial charge in [0.15, 0.2) is 5.75 Å². The van der Waals surface area contributed by atoms with Crippen LogP contribution >= 0.6 is 0 Å². The van der Waals surface area contributed by atoms with Crippen molar-refractivity contribution in [2.45, 2.75) is 0 Å². The highest BCUT2D eigenvalue weighted by Gasteiger charge is 2.20. The Morgan fingerprint density at radius 1 is 1.33 bits per heavy atom. The van der Waals surface area contributed by atoms with Crippen molar-refractivity contribution in [1.29, 1.82) is 0 Å². The Labute approximate surface area is 103 Å². The van der Waals surface area contributed by atoms with Crippen LogP contribution in [0.15, 0.2) is 24.3 Å². The van der Waals surface area contributed by atoms with Gasteiger partial charge in [0.25, 0.3) is 5.91 Å². The van der Waals surface area contributed by atoms with E-state index in [0.717, 1.165) is 6.26 Å². The molecular formula is C10H12N2O5S. The molecule has 7 nitrogen and oxygen atoms in total. The molecule has 1 heterocycles. The Hall–Kier alpha value is -2.06. The molecule has 98 valence electrons. The first-order valence-corrected chi connectivity index (χ1v) is 6.50. The topological polar surface area (TPSA) is 134 Å². The predicted molar refractivity (Wildman–Crippen MR) is 65.9 cm³/mol. The van der Waals surface area contributed by atoms with E-state index in [1.54, 1.807) is 24.3 Å². The van der Waals surface area contributed by atoms with Gasteiger partial charge in [0.1, 0.15) is 5.69 Å². The average molecular weight is 272 g/mol. The zero-order valence-electron chi connectivity index (χ0n) is 9.43. The number of fused-ring (bicyclic) bond motifs is 1. The number of hydrogen-bond acceptors (Lipinski definition) is 4. The van der Waals surface area contributed by atoms with Crippen molar-refractivity contribution >= 4 is 26.9 Å². The van der Waals surface area contributed by atoms with E-state index in [1.165, 1.54) is 0 Å². The minimum Gasteiger partial charge on any atom is -0.412 e. The van der Waals surface area contributed by atoms with Crippen molar-refractivity contribution < 1.29 is 22.9 Å². The lowest BCUT2D eigenvalue weighted by atomic mass is 10.2. The third-order valence-electron chi connectivity index (χ3n) is 2.14. The van der Waals surface area contributed by atoms with Gasteiger partial charge in [-0.2, -0.15) is 8.42 Å². The highest BCUT2D eigenvalue weighted by atomic mass is 32.2. The van der Waals surface area contributed by atoms with Gasteiger partial charge in [-0.3, -0.25) is 4.79 Å². The zero-order valence-corrected chi connectivity index (χ0v) is 10.2. The van der Waals surface area contributed by atoms with E-state index in [-0.39, 0.29) is 16.9 Å². The lowest BCUT2D eigenvalue weighted by Gasteiger charge is -2.02. The van der Waals surface area contributed by atoms with Crippen molar-refractivity contribution in [3.63, 3.8) is 0 Å². The molecule has 18 heavy (non-hydrogen) atoms. The summed E-state index contributed by atoms with van der Waals surface area (Å²) in [5.74, 6) is -0.838. The summed E-state index contributed by atoms with van der Waals surface area (Å²) in [5, 5.41) is 0.492. The summed E-state index contributed by atoms with van der Waals surface area (Å²) in [7, 11) is -3.72. The molecule has 1 amide bonds. The van der Waals surface area contributed by atoms with Gasteiger partial charge in [0, 0.05) is 10.9 Å². The van der Waals surface area contributed by atoms with E-state index in [4.69, 9.17) is 9.92 Å². The summed E-state index contributed by atoms with van der Waals surface area (Å²) in [6.45, 7) is 0. The standard InChI is InChI=1S/C10H10N2O4S.H2O/c1-17(14,15)16-9-6-4-2-3-5-7(6)12-8(9)10(11)13;/h2-5,12H,1H3,(H2,11,13);1H2. The monoisotopic (exact) mass is 272 g/mol. The van der Waals surface area contributed by atoms with Crippen LogP contribution in [0.5, 0.6) is 5.75 Å². The predicted octanol–water partition coefficient (Wildman–Crippen LogP) is -0.220. The number of rotatable bonds is 3. The molecule has 0 saturated heterocycles. The van der Waals surface area contributed by atoms with Crippen LogP contribution < -0.4 is 9.92 Å². The number of primary amides is 1. The normalized spacial score (nSPS) is 10.9. The molecule has 5 N–H and O–H groups in total. The first kappa shape index (κ1) is 14.0. The van der Waals surface area contributed by atoms with Crippen molar-refractivity contribution in [1.82, 2.24) is 4.98 Å². The van der Waals surface area contributed by atoms with Crippen LogP contribution in [0.3, 0.4) is 0 Å². The molecule has 0 aliphatic carbocycles. The fourth-order valence-corrected chi connectivity index (χ4v) is 2.00. The van der Waals surface area contributed by atoms with Crippen molar-refractivity contribution in [2.75, 3.05) is 6.26 Å². The van der Waals surface area contributed by atoms with Crippen molar-refractivity contribution in [3.05, 3.63) is 30.0 Å². The van der Waals surface area contributed by atoms with Crippen molar-refractivity contribution in [3.8, 4) is 5.75 Å². The van der Waals surface area contributed by atoms with E-state index >= 15 is 0 Å². The third kappa shape index (κ3) is 2.60. The molecule has 0 unspecified atom stereocenters. The number of para-hydroxylation sites is 1. The van der Waals surface area contributed by atoms with Crippen molar-refractivity contribution in [2.24, 2.45) is 5.73 Å². The number of H-pyrrole nitrogens is 1. The lowest BCUT2D eigenvalue weighted by molar-refractivity contribution is 0.0995. The molecule has 0 radical (unpaired) electrons. The molecule has 0 fully saturated rings. The summed E-state index contributed by atoms with van der Waals surface area (Å²) >= 11 is 0. The number of nitrogens with two attached hydrogens (primary N) is 1. The molecule has 8 heteroatoms. The van der Waals surface area contributed by atoms with Crippen LogP contribution in [0.25, 0.3) is 10.9 Å². The van der Waals surface area contributed by atoms with Gasteiger partial charge in [-0.15, -0.1) is 0 Å². The first-order valence-electron chi connectivity index (χ1n) is 4.68. The Kier molecular flexibility index (Phi) is 3.63. The van der Waals surface area contributed by atoms with Gasteiger partial charge in [-0.1, -0.05) is 12.1 Å². The Morgan fingerprint density at radius 2 is 1.94 bits per heavy atom. The quantitative estimate of drug-likeness (QED) is 0.747. The average Bonchev–Trinajstić information content (AvgIpc) is 2.55.